The number of aliphatic imine (C=N–C) groups is 2. The molecule has 0 saturated carbocycles. The normalized spacial score (nSPS) is 16.3. The number of pyridine rings is 1. The lowest BCUT2D eigenvalue weighted by Crippen LogP contribution is -2.38. The van der Waals surface area contributed by atoms with E-state index in [1.165, 1.54) is 11.3 Å². The number of rotatable bonds is 8. The molecule has 2 amide bonds. The first-order valence-corrected chi connectivity index (χ1v) is 13.6. The molecule has 3 aromatic rings. The van der Waals surface area contributed by atoms with Crippen LogP contribution < -0.4 is 16.0 Å². The van der Waals surface area contributed by atoms with Crippen LogP contribution in [0.15, 0.2) is 52.7 Å². The minimum Gasteiger partial charge on any atom is -0.451 e. The number of nitrogens with zero attached hydrogens (tertiary/aromatic N) is 4. The molecule has 204 valence electrons. The predicted molar refractivity (Wildman–Crippen MR) is 157 cm³/mol. The maximum absolute atomic E-state index is 12.6. The minimum atomic E-state index is -1.05. The van der Waals surface area contributed by atoms with Crippen LogP contribution in [0.4, 0.5) is 9.93 Å². The summed E-state index contributed by atoms with van der Waals surface area (Å²) < 4.78 is 6.68. The number of amides is 2. The van der Waals surface area contributed by atoms with Gasteiger partial charge in [0.15, 0.2) is 16.6 Å². The molecule has 1 aliphatic heterocycles. The number of aromatic nitrogens is 2. The number of benzene rings is 1. The van der Waals surface area contributed by atoms with Gasteiger partial charge in [0, 0.05) is 31.0 Å². The first-order chi connectivity index (χ1) is 18.7. The Kier molecular flexibility index (Phi) is 8.82. The molecule has 0 unspecified atom stereocenters. The molecule has 1 fully saturated rings. The summed E-state index contributed by atoms with van der Waals surface area (Å²) in [4.78, 5) is 42.5. The maximum atomic E-state index is 12.6. The van der Waals surface area contributed by atoms with E-state index in [9.17, 15) is 9.59 Å². The zero-order valence-corrected chi connectivity index (χ0v) is 23.4. The number of carbonyl (C=O) groups excluding carboxylic acids is 2. The minimum absolute atomic E-state index is 0.171. The number of fused-ring (bicyclic) bond motifs is 1. The number of ether oxygens (including phenoxy) is 1. The topological polar surface area (TPSA) is 130 Å². The molecule has 4 rings (SSSR count). The molecule has 11 heteroatoms. The molecule has 0 bridgehead atoms. The van der Waals surface area contributed by atoms with Gasteiger partial charge in [-0.05, 0) is 82.8 Å². The van der Waals surface area contributed by atoms with Gasteiger partial charge in [-0.3, -0.25) is 15.1 Å². The van der Waals surface area contributed by atoms with Crippen LogP contribution in [0.3, 0.4) is 0 Å². The van der Waals surface area contributed by atoms with Crippen molar-refractivity contribution in [1.29, 1.82) is 0 Å². The Labute approximate surface area is 231 Å². The summed E-state index contributed by atoms with van der Waals surface area (Å²) in [7, 11) is 0. The molecular weight excluding hydrogens is 514 g/mol. The average molecular weight is 548 g/mol. The predicted octanol–water partition coefficient (Wildman–Crippen LogP) is 4.89. The van der Waals surface area contributed by atoms with Crippen molar-refractivity contribution in [2.24, 2.45) is 15.9 Å². The van der Waals surface area contributed by atoms with Crippen molar-refractivity contribution >= 4 is 56.8 Å². The Balaban J connectivity index is 1.67. The largest absolute Gasteiger partial charge is 0.451 e. The number of nitrogens with one attached hydrogen (secondary N) is 3. The summed E-state index contributed by atoms with van der Waals surface area (Å²) in [6, 6.07) is 9.39. The maximum Gasteiger partial charge on any atom is 0.321 e. The van der Waals surface area contributed by atoms with Gasteiger partial charge in [-0.15, -0.1) is 0 Å². The number of anilines is 1. The van der Waals surface area contributed by atoms with Crippen LogP contribution in [0.2, 0.25) is 0 Å². The Bertz CT molecular complexity index is 1420. The second-order valence-electron chi connectivity index (χ2n) is 9.63. The first kappa shape index (κ1) is 28.1. The molecule has 1 aliphatic rings. The number of urea groups is 1. The lowest BCUT2D eigenvalue weighted by molar-refractivity contribution is -0.155. The Morgan fingerprint density at radius 1 is 1.33 bits per heavy atom. The third-order valence-electron chi connectivity index (χ3n) is 6.26. The van der Waals surface area contributed by atoms with Crippen molar-refractivity contribution in [2.75, 3.05) is 25.0 Å². The van der Waals surface area contributed by atoms with E-state index in [4.69, 9.17) is 4.74 Å². The second-order valence-corrected chi connectivity index (χ2v) is 10.6. The molecule has 10 nitrogen and oxygen atoms in total. The van der Waals surface area contributed by atoms with Gasteiger partial charge < -0.3 is 15.4 Å². The van der Waals surface area contributed by atoms with Gasteiger partial charge in [-0.25, -0.2) is 19.8 Å². The van der Waals surface area contributed by atoms with Gasteiger partial charge in [0.2, 0.25) is 0 Å². The van der Waals surface area contributed by atoms with Gasteiger partial charge >= 0.3 is 12.0 Å². The second kappa shape index (κ2) is 12.3. The lowest BCUT2D eigenvalue weighted by Gasteiger charge is -2.25. The van der Waals surface area contributed by atoms with Gasteiger partial charge in [-0.2, -0.15) is 0 Å². The van der Waals surface area contributed by atoms with Crippen LogP contribution in [0.5, 0.6) is 0 Å². The zero-order chi connectivity index (χ0) is 28.0. The highest BCUT2D eigenvalue weighted by atomic mass is 32.1. The number of amidine groups is 1. The molecule has 1 aromatic carbocycles. The van der Waals surface area contributed by atoms with E-state index in [1.54, 1.807) is 26.2 Å². The van der Waals surface area contributed by atoms with E-state index in [0.29, 0.717) is 24.1 Å². The van der Waals surface area contributed by atoms with Crippen LogP contribution >= 0.6 is 11.3 Å². The lowest BCUT2D eigenvalue weighted by atomic mass is 10.0. The first-order valence-electron chi connectivity index (χ1n) is 12.8. The van der Waals surface area contributed by atoms with Crippen LogP contribution in [0, 0.1) is 5.92 Å². The van der Waals surface area contributed by atoms with Gasteiger partial charge in [0.25, 0.3) is 0 Å². The van der Waals surface area contributed by atoms with Crippen molar-refractivity contribution in [3.63, 3.8) is 0 Å². The van der Waals surface area contributed by atoms with E-state index in [2.05, 4.69) is 42.6 Å². The summed E-state index contributed by atoms with van der Waals surface area (Å²) in [5, 5.41) is 9.18. The van der Waals surface area contributed by atoms with E-state index in [0.717, 1.165) is 45.6 Å². The van der Waals surface area contributed by atoms with Crippen molar-refractivity contribution < 1.29 is 14.3 Å². The Morgan fingerprint density at radius 2 is 2.15 bits per heavy atom. The number of esters is 1. The van der Waals surface area contributed by atoms with Crippen molar-refractivity contribution in [2.45, 2.75) is 39.7 Å². The molecule has 0 radical (unpaired) electrons. The number of thiazole rings is 1. The third-order valence-corrected chi connectivity index (χ3v) is 7.28. The summed E-state index contributed by atoms with van der Waals surface area (Å²) in [6.45, 7) is 12.9. The molecule has 1 atom stereocenters. The van der Waals surface area contributed by atoms with Crippen molar-refractivity contribution in [3.05, 3.63) is 48.3 Å². The highest BCUT2D eigenvalue weighted by Gasteiger charge is 2.33. The fraction of sp³-hybridized carbons (Fsp3) is 0.357. The molecule has 3 N–H and O–H groups in total. The quantitative estimate of drug-likeness (QED) is 0.209. The number of hydrogen-bond acceptors (Lipinski definition) is 8. The van der Waals surface area contributed by atoms with E-state index < -0.39 is 5.60 Å². The highest BCUT2D eigenvalue weighted by molar-refractivity contribution is 7.22. The summed E-state index contributed by atoms with van der Waals surface area (Å²) in [5.74, 6) is -0.141. The standard InChI is InChI=1S/C28H33N7O3S/c1-6-31-26(37)35-27-34-22-14-19(13-20(23(22)39-27)21-9-7-8-11-32-21)17(2)15-33-25(29-5)28(3,4)38-24(36)18-10-12-30-16-18/h7-9,11,13-15,18,30H,5-6,10,12,16H2,1-4H3,(H2,31,34,35,37)/b17-15+,33-25-/t18-/m1/s1. The van der Waals surface area contributed by atoms with Crippen LogP contribution in [-0.4, -0.2) is 59.8 Å². The number of hydrogen-bond donors (Lipinski definition) is 3. The van der Waals surface area contributed by atoms with Crippen LogP contribution in [-0.2, 0) is 9.53 Å². The SMILES string of the molecule is C=N/C(=N\C=C(/C)c1cc(-c2ccccn2)c2sc(NC(=O)NCC)nc2c1)C(C)(C)OC(=O)[C@@H]1CCNC1. The fourth-order valence-electron chi connectivity index (χ4n) is 4.18. The molecule has 0 aliphatic carbocycles. The fourth-order valence-corrected chi connectivity index (χ4v) is 5.15. The Morgan fingerprint density at radius 3 is 2.82 bits per heavy atom. The molecule has 39 heavy (non-hydrogen) atoms. The van der Waals surface area contributed by atoms with Gasteiger partial charge in [-0.1, -0.05) is 17.4 Å². The third kappa shape index (κ3) is 6.73. The van der Waals surface area contributed by atoms with E-state index in [-0.39, 0.29) is 17.9 Å². The molecular formula is C28H33N7O3S. The smallest absolute Gasteiger partial charge is 0.321 e. The summed E-state index contributed by atoms with van der Waals surface area (Å²) >= 11 is 1.39. The summed E-state index contributed by atoms with van der Waals surface area (Å²) in [6.07, 6.45) is 4.17. The molecule has 0 spiro atoms. The zero-order valence-electron chi connectivity index (χ0n) is 22.6. The van der Waals surface area contributed by atoms with Crippen LogP contribution in [0.25, 0.3) is 27.0 Å². The summed E-state index contributed by atoms with van der Waals surface area (Å²) in [5.41, 5.74) is 3.07. The average Bonchev–Trinajstić information content (AvgIpc) is 3.58. The van der Waals surface area contributed by atoms with Crippen molar-refractivity contribution in [1.82, 2.24) is 20.6 Å². The molecule has 2 aromatic heterocycles. The van der Waals surface area contributed by atoms with Gasteiger partial charge in [0.1, 0.15) is 0 Å². The monoisotopic (exact) mass is 547 g/mol. The molecule has 1 saturated heterocycles. The van der Waals surface area contributed by atoms with Crippen LogP contribution in [0.1, 0.15) is 39.7 Å². The molecule has 3 heterocycles. The van der Waals surface area contributed by atoms with Crippen molar-refractivity contribution in [3.8, 4) is 11.3 Å². The Hall–Kier alpha value is -3.96. The van der Waals surface area contributed by atoms with E-state index >= 15 is 0 Å². The number of allylic oxidation sites excluding steroid dienone is 1. The highest BCUT2D eigenvalue weighted by Crippen LogP contribution is 2.37. The van der Waals surface area contributed by atoms with E-state index in [1.807, 2.05) is 44.2 Å². The van der Waals surface area contributed by atoms with Gasteiger partial charge in [0.05, 0.1) is 21.8 Å². The number of carbonyl (C=O) groups is 2.